The van der Waals surface area contributed by atoms with Crippen LogP contribution in [0.15, 0.2) is 177 Å². The standard InChI is InChI=1S/C16H20Cl2N4O.C16H20N4O2.C16H22N4O.C15H21N5O2.2C15H20N4O/c1-9-8-19-15(22-16(2,3)4)21-14(9)20-12-7-13(23-5)11(18)6-10(12)17;1-10-8-17-15(20-16(2,3)4)19-14(10)18-11-5-6-12-13(7-11)22-9-21-12;1-11-10-17-15(20-16(2,3)4)19-14(11)18-12-7-6-8-13(9-12)21-5;1-10-9-16-14(19-15(2,3)4)18-13(10)17-11-6-5-7-12(8-11)20-22-21;1-15(2,3)19-14-16-10-9-13(18-14)17-11-5-7-12(20-4)8-6-11;1-15(2,3)19-14-16-9-8-13(18-14)17-11-6-5-7-12(10-11)20-4/h6-8H,1-5H3,(H2,19,20,21,22);5-8H,9H2,1-4H3,(H2,17,18,19,20);6-10H,1-5H3,(H2,17,18,19,20);5-9,20-21H,1-4H3,(H2,16,17,18,19);2*5-10H,1-4H3,(H2,16,17,18,19). The number of hydrogen-bond donors (Lipinski definition) is 14. The van der Waals surface area contributed by atoms with Crippen LogP contribution >= 0.6 is 23.2 Å². The van der Waals surface area contributed by atoms with Gasteiger partial charge in [0.05, 0.1) is 49.9 Å². The fourth-order valence-electron chi connectivity index (χ4n) is 10.9. The number of aromatic nitrogens is 12. The minimum Gasteiger partial charge on any atom is -0.497 e. The third kappa shape index (κ3) is 35.5. The Morgan fingerprint density at radius 1 is 0.320 bits per heavy atom. The number of nitrogens with one attached hydrogen (secondary N) is 13. The molecule has 7 heterocycles. The topological polar surface area (TPSA) is 396 Å². The third-order valence-electron chi connectivity index (χ3n) is 16.6. The molecule has 0 amide bonds. The number of benzene rings is 6. The predicted molar refractivity (Wildman–Crippen MR) is 519 cm³/mol. The molecule has 0 bridgehead atoms. The Kier molecular flexibility index (Phi) is 35.6. The molecule has 128 heavy (non-hydrogen) atoms. The Labute approximate surface area is 761 Å². The SMILES string of the molecule is COc1cc(Nc2nc(NC(C)(C)C)ncc2C)c(Cl)cc1Cl.COc1ccc(Nc2ccnc(NC(C)(C)C)n2)cc1.COc1cccc(Nc2ccnc(NC(C)(C)C)n2)c1.COc1cccc(Nc2nc(NC(C)(C)C)ncc2C)c1.Cc1cnc(NC(C)(C)C)nc1Nc1ccc2c(c1)OCO2.Cc1cnc(NC(C)(C)C)nc1Nc1cccc(NOO)c1. The highest BCUT2D eigenvalue weighted by Crippen LogP contribution is 2.38. The van der Waals surface area contributed by atoms with Crippen molar-refractivity contribution in [2.45, 2.75) is 186 Å². The first kappa shape index (κ1) is 99.9. The van der Waals surface area contributed by atoms with E-state index in [1.165, 1.54) is 0 Å². The predicted octanol–water partition coefficient (Wildman–Crippen LogP) is 22.7. The van der Waals surface area contributed by atoms with Gasteiger partial charge in [-0.3, -0.25) is 0 Å². The molecular weight excluding hydrogens is 1670 g/mol. The summed E-state index contributed by atoms with van der Waals surface area (Å²) in [6.07, 6.45) is 10.6. The van der Waals surface area contributed by atoms with Crippen molar-refractivity contribution in [1.82, 2.24) is 59.8 Å². The summed E-state index contributed by atoms with van der Waals surface area (Å²) < 4.78 is 31.5. The van der Waals surface area contributed by atoms with Gasteiger partial charge in [-0.1, -0.05) is 41.4 Å². The van der Waals surface area contributed by atoms with Crippen molar-refractivity contribution in [1.29, 1.82) is 0 Å². The molecule has 14 N–H and O–H groups in total. The number of fused-ring (bicyclic) bond motifs is 1. The zero-order valence-corrected chi connectivity index (χ0v) is 79.4. The van der Waals surface area contributed by atoms with E-state index in [-0.39, 0.29) is 40.0 Å². The summed E-state index contributed by atoms with van der Waals surface area (Å²) in [7, 11) is 6.51. The van der Waals surface area contributed by atoms with Crippen molar-refractivity contribution >= 4 is 134 Å². The highest BCUT2D eigenvalue weighted by molar-refractivity contribution is 6.37. The molecule has 0 radical (unpaired) electrons. The van der Waals surface area contributed by atoms with E-state index < -0.39 is 0 Å². The van der Waals surface area contributed by atoms with Crippen LogP contribution in [0.25, 0.3) is 0 Å². The first-order valence-corrected chi connectivity index (χ1v) is 41.9. The van der Waals surface area contributed by atoms with Crippen molar-refractivity contribution in [2.24, 2.45) is 0 Å². The Balaban J connectivity index is 0.000000190. The van der Waals surface area contributed by atoms with Gasteiger partial charge in [-0.25, -0.2) is 40.6 Å². The van der Waals surface area contributed by atoms with E-state index in [4.69, 9.17) is 56.9 Å². The van der Waals surface area contributed by atoms with Gasteiger partial charge in [0.2, 0.25) is 42.5 Å². The molecule has 1 aliphatic heterocycles. The van der Waals surface area contributed by atoms with E-state index >= 15 is 0 Å². The van der Waals surface area contributed by atoms with Crippen molar-refractivity contribution in [3.05, 3.63) is 209 Å². The lowest BCUT2D eigenvalue weighted by Crippen LogP contribution is -2.27. The summed E-state index contributed by atoms with van der Waals surface area (Å²) in [6.45, 7) is 45.2. The number of rotatable bonds is 24. The average molecular weight is 1790 g/mol. The van der Waals surface area contributed by atoms with Crippen molar-refractivity contribution in [3.8, 4) is 34.5 Å². The second-order valence-electron chi connectivity index (χ2n) is 35.4. The highest BCUT2D eigenvalue weighted by Gasteiger charge is 2.21. The van der Waals surface area contributed by atoms with Gasteiger partial charge in [-0.05, 0) is 249 Å². The van der Waals surface area contributed by atoms with E-state index in [1.807, 2.05) is 191 Å². The van der Waals surface area contributed by atoms with Crippen LogP contribution in [0.5, 0.6) is 34.5 Å². The molecule has 33 nitrogen and oxygen atoms in total. The number of aryl methyl sites for hydroxylation is 4. The lowest BCUT2D eigenvalue weighted by atomic mass is 10.1. The molecule has 0 aliphatic carbocycles. The molecule has 0 saturated heterocycles. The van der Waals surface area contributed by atoms with Gasteiger partial charge in [0.1, 0.15) is 57.9 Å². The summed E-state index contributed by atoms with van der Waals surface area (Å²) in [4.78, 5) is 56.5. The summed E-state index contributed by atoms with van der Waals surface area (Å²) in [5.74, 6) is 12.4. The summed E-state index contributed by atoms with van der Waals surface area (Å²) in [5, 5.41) is 48.4. The Morgan fingerprint density at radius 2 is 0.664 bits per heavy atom. The van der Waals surface area contributed by atoms with E-state index in [2.05, 4.69) is 217 Å². The maximum absolute atomic E-state index is 8.43. The molecular formula is C93H123Cl2N25O8. The quantitative estimate of drug-likeness (QED) is 0.0197. The lowest BCUT2D eigenvalue weighted by molar-refractivity contribution is -0.215. The minimum absolute atomic E-state index is 0.0707. The summed E-state index contributed by atoms with van der Waals surface area (Å²) in [6, 6.07) is 43.2. The van der Waals surface area contributed by atoms with Crippen LogP contribution < -0.4 is 97.7 Å². The van der Waals surface area contributed by atoms with E-state index in [0.717, 1.165) is 103 Å². The molecule has 6 aromatic heterocycles. The number of anilines is 19. The maximum atomic E-state index is 8.43. The lowest BCUT2D eigenvalue weighted by Gasteiger charge is -2.21. The van der Waals surface area contributed by atoms with E-state index in [0.29, 0.717) is 74.5 Å². The van der Waals surface area contributed by atoms with Gasteiger partial charge in [-0.15, -0.1) is 4.99 Å². The molecule has 0 saturated carbocycles. The van der Waals surface area contributed by atoms with Gasteiger partial charge in [0.25, 0.3) is 0 Å². The van der Waals surface area contributed by atoms with Crippen LogP contribution in [0.4, 0.5) is 110 Å². The Hall–Kier alpha value is -13.5. The molecule has 35 heteroatoms. The van der Waals surface area contributed by atoms with Crippen LogP contribution in [-0.4, -0.2) is 134 Å². The monoisotopic (exact) mass is 1790 g/mol. The largest absolute Gasteiger partial charge is 0.497 e. The van der Waals surface area contributed by atoms with Crippen LogP contribution in [0.1, 0.15) is 147 Å². The molecule has 0 atom stereocenters. The first-order chi connectivity index (χ1) is 60.3. The first-order valence-electron chi connectivity index (χ1n) is 41.1. The number of halogens is 2. The minimum atomic E-state index is -0.131. The molecule has 6 aromatic carbocycles. The number of nitrogens with zero attached hydrogens (tertiary/aromatic N) is 12. The second kappa shape index (κ2) is 45.6. The second-order valence-corrected chi connectivity index (χ2v) is 36.2. The third-order valence-corrected chi connectivity index (χ3v) is 17.2. The molecule has 0 spiro atoms. The smallest absolute Gasteiger partial charge is 0.231 e. The molecule has 12 aromatic rings. The van der Waals surface area contributed by atoms with Gasteiger partial charge in [-0.2, -0.15) is 29.9 Å². The Bertz CT molecular complexity index is 5560. The van der Waals surface area contributed by atoms with E-state index in [9.17, 15) is 0 Å². The Morgan fingerprint density at radius 3 is 1.05 bits per heavy atom. The average Bonchev–Trinajstić information content (AvgIpc) is 1.74. The van der Waals surface area contributed by atoms with Gasteiger partial charge in [0.15, 0.2) is 11.5 Å². The van der Waals surface area contributed by atoms with Crippen LogP contribution in [0, 0.1) is 27.7 Å². The number of ether oxygens (including phenoxy) is 6. The van der Waals surface area contributed by atoms with Crippen LogP contribution in [0.3, 0.4) is 0 Å². The number of methoxy groups -OCH3 is 4. The van der Waals surface area contributed by atoms with Gasteiger partial charge >= 0.3 is 0 Å². The van der Waals surface area contributed by atoms with E-state index in [1.54, 1.807) is 83.7 Å². The molecule has 682 valence electrons. The van der Waals surface area contributed by atoms with Crippen molar-refractivity contribution in [2.75, 3.05) is 105 Å². The zero-order chi connectivity index (χ0) is 93.7. The normalized spacial score (nSPS) is 11.4. The molecule has 13 rings (SSSR count). The molecule has 1 aliphatic rings. The van der Waals surface area contributed by atoms with Crippen LogP contribution in [0.2, 0.25) is 10.0 Å². The fourth-order valence-corrected chi connectivity index (χ4v) is 11.4. The van der Waals surface area contributed by atoms with Crippen molar-refractivity contribution < 1.29 is 38.7 Å². The number of hydrogen-bond acceptors (Lipinski definition) is 33. The summed E-state index contributed by atoms with van der Waals surface area (Å²) >= 11 is 12.3. The highest BCUT2D eigenvalue weighted by atomic mass is 35.5. The van der Waals surface area contributed by atoms with Gasteiger partial charge < -0.3 is 92.2 Å². The summed E-state index contributed by atoms with van der Waals surface area (Å²) in [5.41, 5.74) is 11.4. The van der Waals surface area contributed by atoms with Gasteiger partial charge in [0, 0.05) is 145 Å². The zero-order valence-electron chi connectivity index (χ0n) is 77.9. The van der Waals surface area contributed by atoms with Crippen LogP contribution in [-0.2, 0) is 4.99 Å². The fraction of sp³-hybridized carbons (Fsp3) is 0.355. The van der Waals surface area contributed by atoms with Crippen molar-refractivity contribution in [3.63, 3.8) is 0 Å². The molecule has 0 fully saturated rings. The molecule has 0 unspecified atom stereocenters. The maximum Gasteiger partial charge on any atom is 0.231 e.